The van der Waals surface area contributed by atoms with Gasteiger partial charge >= 0.3 is 0 Å². The number of rotatable bonds is 6. The van der Waals surface area contributed by atoms with Gasteiger partial charge in [0.05, 0.1) is 21.8 Å². The van der Waals surface area contributed by atoms with Crippen molar-refractivity contribution in [2.24, 2.45) is 7.05 Å². The number of benzene rings is 3. The van der Waals surface area contributed by atoms with Gasteiger partial charge in [0.1, 0.15) is 0 Å². The van der Waals surface area contributed by atoms with Crippen LogP contribution in [0.2, 0.25) is 0 Å². The van der Waals surface area contributed by atoms with Crippen LogP contribution in [0.3, 0.4) is 0 Å². The molecule has 1 N–H and O–H groups in total. The first-order valence-electron chi connectivity index (χ1n) is 10.7. The molecule has 5 rings (SSSR count). The van der Waals surface area contributed by atoms with Crippen LogP contribution in [0.5, 0.6) is 0 Å². The van der Waals surface area contributed by atoms with Crippen LogP contribution in [0, 0.1) is 0 Å². The van der Waals surface area contributed by atoms with Crippen molar-refractivity contribution in [2.45, 2.75) is 27.1 Å². The van der Waals surface area contributed by atoms with Gasteiger partial charge in [0, 0.05) is 16.8 Å². The van der Waals surface area contributed by atoms with Crippen molar-refractivity contribution in [1.29, 1.82) is 0 Å². The zero-order chi connectivity index (χ0) is 23.7. The van der Waals surface area contributed by atoms with Gasteiger partial charge in [-0.25, -0.2) is 0 Å². The minimum absolute atomic E-state index is 0.134. The lowest BCUT2D eigenvalue weighted by Gasteiger charge is -2.14. The van der Waals surface area contributed by atoms with E-state index in [2.05, 4.69) is 15.5 Å². The van der Waals surface area contributed by atoms with Gasteiger partial charge in [-0.05, 0) is 43.3 Å². The molecule has 7 nitrogen and oxygen atoms in total. The minimum atomic E-state index is -0.446. The Morgan fingerprint density at radius 3 is 2.47 bits per heavy atom. The third kappa shape index (κ3) is 4.20. The van der Waals surface area contributed by atoms with E-state index in [0.717, 1.165) is 15.5 Å². The second-order valence-electron chi connectivity index (χ2n) is 7.66. The maximum absolute atomic E-state index is 13.1. The number of nitrogens with one attached hydrogen (secondary N) is 1. The molecule has 0 saturated carbocycles. The number of nitrogens with zero attached hydrogens (tertiary/aromatic N) is 4. The van der Waals surface area contributed by atoms with E-state index in [0.29, 0.717) is 21.8 Å². The van der Waals surface area contributed by atoms with Crippen molar-refractivity contribution in [1.82, 2.24) is 19.2 Å². The number of aromatic nitrogens is 4. The van der Waals surface area contributed by atoms with Crippen LogP contribution in [-0.2, 0) is 11.8 Å². The fourth-order valence-corrected chi connectivity index (χ4v) is 5.39. The molecule has 0 saturated heterocycles. The number of amides is 1. The Kier molecular flexibility index (Phi) is 6.12. The van der Waals surface area contributed by atoms with Crippen molar-refractivity contribution in [3.63, 3.8) is 0 Å². The quantitative estimate of drug-likeness (QED) is 0.345. The van der Waals surface area contributed by atoms with Gasteiger partial charge in [-0.2, -0.15) is 0 Å². The molecule has 1 atom stereocenters. The van der Waals surface area contributed by atoms with Gasteiger partial charge in [0.25, 0.3) is 5.56 Å². The van der Waals surface area contributed by atoms with Gasteiger partial charge in [0.15, 0.2) is 5.16 Å². The molecule has 0 spiro atoms. The highest BCUT2D eigenvalue weighted by Gasteiger charge is 2.21. The summed E-state index contributed by atoms with van der Waals surface area (Å²) in [7, 11) is 1.67. The Morgan fingerprint density at radius 1 is 0.941 bits per heavy atom. The van der Waals surface area contributed by atoms with E-state index >= 15 is 0 Å². The summed E-state index contributed by atoms with van der Waals surface area (Å²) in [4.78, 5) is 27.8. The van der Waals surface area contributed by atoms with Gasteiger partial charge in [0.2, 0.25) is 11.7 Å². The number of hydrogen-bond acceptors (Lipinski definition) is 6. The van der Waals surface area contributed by atoms with Crippen molar-refractivity contribution in [2.75, 3.05) is 5.32 Å². The minimum Gasteiger partial charge on any atom is -0.324 e. The smallest absolute Gasteiger partial charge is 0.262 e. The number of hydrogen-bond donors (Lipinski definition) is 1. The number of anilines is 1. The molecule has 5 aromatic rings. The first kappa shape index (κ1) is 22.2. The fraction of sp³-hybridized carbons (Fsp3) is 0.120. The predicted molar refractivity (Wildman–Crippen MR) is 137 cm³/mol. The summed E-state index contributed by atoms with van der Waals surface area (Å²) in [6.07, 6.45) is 0. The average molecular weight is 488 g/mol. The third-order valence-electron chi connectivity index (χ3n) is 5.36. The highest BCUT2D eigenvalue weighted by molar-refractivity contribution is 8.00. The summed E-state index contributed by atoms with van der Waals surface area (Å²) in [5, 5.41) is 12.2. The van der Waals surface area contributed by atoms with Gasteiger partial charge in [-0.3, -0.25) is 18.6 Å². The van der Waals surface area contributed by atoms with Crippen LogP contribution in [0.1, 0.15) is 6.92 Å². The molecule has 0 aliphatic carbocycles. The largest absolute Gasteiger partial charge is 0.324 e. The normalized spacial score (nSPS) is 12.2. The summed E-state index contributed by atoms with van der Waals surface area (Å²) < 4.78 is 3.30. The zero-order valence-corrected chi connectivity index (χ0v) is 20.1. The monoisotopic (exact) mass is 487 g/mol. The zero-order valence-electron chi connectivity index (χ0n) is 18.5. The van der Waals surface area contributed by atoms with E-state index in [1.54, 1.807) is 24.9 Å². The molecule has 0 bridgehead atoms. The predicted octanol–water partition coefficient (Wildman–Crippen LogP) is 4.85. The molecule has 9 heteroatoms. The summed E-state index contributed by atoms with van der Waals surface area (Å²) in [6.45, 7) is 1.83. The number of carbonyl (C=O) groups is 1. The number of para-hydroxylation sites is 2. The first-order valence-corrected chi connectivity index (χ1v) is 12.3. The molecule has 3 aromatic carbocycles. The molecular weight excluding hydrogens is 466 g/mol. The topological polar surface area (TPSA) is 81.3 Å². The SMILES string of the molecule is C[C@H](Sc1nnc2n(C)c(=O)c3ccccc3n12)C(=O)Nc1ccccc1Sc1ccccc1. The van der Waals surface area contributed by atoms with E-state index < -0.39 is 5.25 Å². The number of aryl methyl sites for hydroxylation is 1. The summed E-state index contributed by atoms with van der Waals surface area (Å²) in [6, 6.07) is 25.1. The van der Waals surface area contributed by atoms with Gasteiger partial charge in [-0.1, -0.05) is 66.0 Å². The van der Waals surface area contributed by atoms with Crippen LogP contribution in [0.25, 0.3) is 16.7 Å². The Labute approximate surface area is 204 Å². The third-order valence-corrected chi connectivity index (χ3v) is 7.49. The first-order chi connectivity index (χ1) is 16.5. The van der Waals surface area contributed by atoms with E-state index in [-0.39, 0.29) is 11.5 Å². The maximum Gasteiger partial charge on any atom is 0.262 e. The van der Waals surface area contributed by atoms with E-state index in [1.165, 1.54) is 16.3 Å². The molecular formula is C25H21N5O2S2. The Balaban J connectivity index is 1.41. The lowest BCUT2D eigenvalue weighted by atomic mass is 10.2. The molecule has 1 amide bonds. The molecule has 0 unspecified atom stereocenters. The van der Waals surface area contributed by atoms with Crippen molar-refractivity contribution >= 4 is 51.8 Å². The average Bonchev–Trinajstić information content (AvgIpc) is 3.28. The molecule has 2 heterocycles. The van der Waals surface area contributed by atoms with E-state index in [9.17, 15) is 9.59 Å². The maximum atomic E-state index is 13.1. The second-order valence-corrected chi connectivity index (χ2v) is 10.1. The number of thioether (sulfide) groups is 1. The van der Waals surface area contributed by atoms with Crippen LogP contribution in [-0.4, -0.2) is 30.3 Å². The fourth-order valence-electron chi connectivity index (χ4n) is 3.61. The van der Waals surface area contributed by atoms with E-state index in [1.807, 2.05) is 84.1 Å². The number of carbonyl (C=O) groups excluding carboxylic acids is 1. The van der Waals surface area contributed by atoms with Crippen molar-refractivity contribution in [3.05, 3.63) is 89.2 Å². The standard InChI is InChI=1S/C25H21N5O2S2/c1-16(22(31)26-19-13-7-9-15-21(19)34-17-10-4-3-5-11-17)33-25-28-27-24-29(2)23(32)18-12-6-8-14-20(18)30(24)25/h3-16H,1-2H3,(H,26,31)/t16-/m0/s1. The lowest BCUT2D eigenvalue weighted by molar-refractivity contribution is -0.115. The van der Waals surface area contributed by atoms with Gasteiger partial charge < -0.3 is 5.32 Å². The lowest BCUT2D eigenvalue weighted by Crippen LogP contribution is -2.23. The van der Waals surface area contributed by atoms with E-state index in [4.69, 9.17) is 0 Å². The molecule has 170 valence electrons. The summed E-state index contributed by atoms with van der Waals surface area (Å²) in [5.41, 5.74) is 1.34. The highest BCUT2D eigenvalue weighted by Crippen LogP contribution is 2.34. The highest BCUT2D eigenvalue weighted by atomic mass is 32.2. The summed E-state index contributed by atoms with van der Waals surface area (Å²) >= 11 is 2.90. The molecule has 0 radical (unpaired) electrons. The van der Waals surface area contributed by atoms with Crippen LogP contribution in [0.4, 0.5) is 5.69 Å². The van der Waals surface area contributed by atoms with Crippen LogP contribution >= 0.6 is 23.5 Å². The van der Waals surface area contributed by atoms with Crippen molar-refractivity contribution in [3.8, 4) is 0 Å². The molecule has 0 aliphatic rings. The number of fused-ring (bicyclic) bond motifs is 3. The molecule has 34 heavy (non-hydrogen) atoms. The summed E-state index contributed by atoms with van der Waals surface area (Å²) in [5.74, 6) is 0.292. The second kappa shape index (κ2) is 9.36. The Bertz CT molecular complexity index is 1560. The van der Waals surface area contributed by atoms with Crippen molar-refractivity contribution < 1.29 is 4.79 Å². The van der Waals surface area contributed by atoms with Crippen LogP contribution in [0.15, 0.2) is 98.6 Å². The Morgan fingerprint density at radius 2 is 1.65 bits per heavy atom. The molecule has 0 fully saturated rings. The molecule has 0 aliphatic heterocycles. The van der Waals surface area contributed by atoms with Crippen LogP contribution < -0.4 is 10.9 Å². The molecule has 2 aromatic heterocycles. The van der Waals surface area contributed by atoms with Gasteiger partial charge in [-0.15, -0.1) is 10.2 Å². The Hall–Kier alpha value is -3.56.